The van der Waals surface area contributed by atoms with Crippen LogP contribution in [0.25, 0.3) is 5.52 Å². The Morgan fingerprint density at radius 2 is 1.89 bits per heavy atom. The summed E-state index contributed by atoms with van der Waals surface area (Å²) < 4.78 is 38.2. The van der Waals surface area contributed by atoms with Crippen LogP contribution in [0.1, 0.15) is 15.9 Å². The summed E-state index contributed by atoms with van der Waals surface area (Å²) in [5.74, 6) is -1.42. The molecule has 0 spiro atoms. The van der Waals surface area contributed by atoms with Gasteiger partial charge in [0.25, 0.3) is 5.56 Å². The molecule has 1 N–H and O–H groups in total. The smallest absolute Gasteiger partial charge is 0.416 e. The molecule has 0 aromatic carbocycles. The first-order valence-corrected chi connectivity index (χ1v) is 4.76. The zero-order chi connectivity index (χ0) is 13.5. The van der Waals surface area contributed by atoms with Gasteiger partial charge >= 0.3 is 12.1 Å². The third-order valence-corrected chi connectivity index (χ3v) is 2.41. The zero-order valence-corrected chi connectivity index (χ0v) is 8.73. The Bertz CT molecular complexity index is 688. The summed E-state index contributed by atoms with van der Waals surface area (Å²) in [6.07, 6.45) is -3.60. The maximum Gasteiger partial charge on any atom is 0.416 e. The molecule has 94 valence electrons. The normalized spacial score (nSPS) is 11.7. The second kappa shape index (κ2) is 3.86. The van der Waals surface area contributed by atoms with E-state index in [1.165, 1.54) is 0 Å². The molecule has 0 amide bonds. The molecule has 0 saturated carbocycles. The SMILES string of the molecule is O=C(O)c1ccc2cc(C(F)(F)F)ccn2c1=O. The molecule has 0 aliphatic heterocycles. The first kappa shape index (κ1) is 12.2. The predicted octanol–water partition coefficient (Wildman–Crippen LogP) is 2.02. The van der Waals surface area contributed by atoms with E-state index in [1.54, 1.807) is 0 Å². The van der Waals surface area contributed by atoms with Crippen molar-refractivity contribution in [1.82, 2.24) is 4.40 Å². The van der Waals surface area contributed by atoms with Crippen molar-refractivity contribution in [3.8, 4) is 0 Å². The fraction of sp³-hybridized carbons (Fsp3) is 0.0909. The molecule has 0 radical (unpaired) electrons. The van der Waals surface area contributed by atoms with Crippen LogP contribution in [0.15, 0.2) is 35.3 Å². The van der Waals surface area contributed by atoms with E-state index < -0.39 is 28.8 Å². The molecule has 0 unspecified atom stereocenters. The van der Waals surface area contributed by atoms with Gasteiger partial charge in [-0.3, -0.25) is 9.20 Å². The maximum absolute atomic E-state index is 12.4. The second-order valence-electron chi connectivity index (χ2n) is 3.57. The van der Waals surface area contributed by atoms with Crippen molar-refractivity contribution < 1.29 is 23.1 Å². The Balaban J connectivity index is 2.73. The molecular formula is C11H6F3NO3. The molecule has 0 aliphatic carbocycles. The third kappa shape index (κ3) is 1.94. The first-order valence-electron chi connectivity index (χ1n) is 4.76. The number of fused-ring (bicyclic) bond motifs is 1. The van der Waals surface area contributed by atoms with Crippen LogP contribution in [0.3, 0.4) is 0 Å². The molecule has 4 nitrogen and oxygen atoms in total. The standard InChI is InChI=1S/C11H6F3NO3/c12-11(13,14)6-3-4-15-7(5-6)1-2-8(9(15)16)10(17)18/h1-5H,(H,17,18). The molecule has 0 bridgehead atoms. The first-order chi connectivity index (χ1) is 8.30. The number of halogens is 3. The number of carboxylic acid groups (broad SMARTS) is 1. The molecule has 7 heteroatoms. The van der Waals surface area contributed by atoms with E-state index in [9.17, 15) is 22.8 Å². The van der Waals surface area contributed by atoms with Gasteiger partial charge in [-0.25, -0.2) is 4.79 Å². The number of alkyl halides is 3. The van der Waals surface area contributed by atoms with Crippen molar-refractivity contribution >= 4 is 11.5 Å². The van der Waals surface area contributed by atoms with E-state index in [0.29, 0.717) is 0 Å². The fourth-order valence-electron chi connectivity index (χ4n) is 1.54. The van der Waals surface area contributed by atoms with Crippen LogP contribution in [0.5, 0.6) is 0 Å². The average molecular weight is 257 g/mol. The zero-order valence-electron chi connectivity index (χ0n) is 8.73. The third-order valence-electron chi connectivity index (χ3n) is 2.41. The van der Waals surface area contributed by atoms with Crippen molar-refractivity contribution in [3.63, 3.8) is 0 Å². The minimum Gasteiger partial charge on any atom is -0.477 e. The van der Waals surface area contributed by atoms with Gasteiger partial charge < -0.3 is 5.11 Å². The molecule has 0 aliphatic rings. The Labute approximate surface area is 97.9 Å². The van der Waals surface area contributed by atoms with Crippen LogP contribution < -0.4 is 5.56 Å². The second-order valence-corrected chi connectivity index (χ2v) is 3.57. The fourth-order valence-corrected chi connectivity index (χ4v) is 1.54. The highest BCUT2D eigenvalue weighted by atomic mass is 19.4. The molecular weight excluding hydrogens is 251 g/mol. The molecule has 0 saturated heterocycles. The monoisotopic (exact) mass is 257 g/mol. The molecule has 2 aromatic heterocycles. The van der Waals surface area contributed by atoms with Crippen molar-refractivity contribution in [2.75, 3.05) is 0 Å². The Hall–Kier alpha value is -2.31. The lowest BCUT2D eigenvalue weighted by Gasteiger charge is -2.08. The molecule has 0 atom stereocenters. The quantitative estimate of drug-likeness (QED) is 0.850. The van der Waals surface area contributed by atoms with Gasteiger partial charge in [0.15, 0.2) is 0 Å². The maximum atomic E-state index is 12.4. The van der Waals surface area contributed by atoms with E-state index in [-0.39, 0.29) is 5.52 Å². The van der Waals surface area contributed by atoms with Crippen LogP contribution in [-0.2, 0) is 6.18 Å². The van der Waals surface area contributed by atoms with Crippen molar-refractivity contribution in [3.05, 3.63) is 51.9 Å². The van der Waals surface area contributed by atoms with Crippen LogP contribution >= 0.6 is 0 Å². The Morgan fingerprint density at radius 1 is 1.22 bits per heavy atom. The minimum absolute atomic E-state index is 0.0141. The summed E-state index contributed by atoms with van der Waals surface area (Å²) in [5.41, 5.74) is -2.27. The number of nitrogens with zero attached hydrogens (tertiary/aromatic N) is 1. The average Bonchev–Trinajstić information content (AvgIpc) is 2.27. The Morgan fingerprint density at radius 3 is 2.44 bits per heavy atom. The minimum atomic E-state index is -4.51. The van der Waals surface area contributed by atoms with Gasteiger partial charge in [-0.2, -0.15) is 13.2 Å². The van der Waals surface area contributed by atoms with Gasteiger partial charge in [0.05, 0.1) is 5.56 Å². The number of rotatable bonds is 1. The van der Waals surface area contributed by atoms with Gasteiger partial charge in [-0.15, -0.1) is 0 Å². The lowest BCUT2D eigenvalue weighted by Crippen LogP contribution is -2.22. The summed E-state index contributed by atoms with van der Waals surface area (Å²) in [6.45, 7) is 0. The van der Waals surface area contributed by atoms with E-state index in [1.807, 2.05) is 0 Å². The van der Waals surface area contributed by atoms with Crippen molar-refractivity contribution in [1.29, 1.82) is 0 Å². The van der Waals surface area contributed by atoms with E-state index in [4.69, 9.17) is 5.11 Å². The topological polar surface area (TPSA) is 58.8 Å². The number of hydrogen-bond donors (Lipinski definition) is 1. The van der Waals surface area contributed by atoms with Gasteiger partial charge in [0.1, 0.15) is 5.56 Å². The summed E-state index contributed by atoms with van der Waals surface area (Å²) in [4.78, 5) is 22.3. The molecule has 2 heterocycles. The van der Waals surface area contributed by atoms with E-state index in [0.717, 1.165) is 34.9 Å². The lowest BCUT2D eigenvalue weighted by atomic mass is 10.2. The molecule has 18 heavy (non-hydrogen) atoms. The van der Waals surface area contributed by atoms with Crippen LogP contribution in [0.4, 0.5) is 13.2 Å². The molecule has 2 rings (SSSR count). The van der Waals surface area contributed by atoms with Crippen molar-refractivity contribution in [2.24, 2.45) is 0 Å². The molecule has 2 aromatic rings. The van der Waals surface area contributed by atoms with Gasteiger partial charge in [-0.1, -0.05) is 0 Å². The van der Waals surface area contributed by atoms with Crippen molar-refractivity contribution in [2.45, 2.75) is 6.18 Å². The largest absolute Gasteiger partial charge is 0.477 e. The van der Waals surface area contributed by atoms with E-state index >= 15 is 0 Å². The summed E-state index contributed by atoms with van der Waals surface area (Å²) in [7, 11) is 0. The lowest BCUT2D eigenvalue weighted by molar-refractivity contribution is -0.137. The van der Waals surface area contributed by atoms with Crippen LogP contribution in [0.2, 0.25) is 0 Å². The van der Waals surface area contributed by atoms with E-state index in [2.05, 4.69) is 0 Å². The summed E-state index contributed by atoms with van der Waals surface area (Å²) in [6, 6.07) is 3.65. The highest BCUT2D eigenvalue weighted by molar-refractivity contribution is 5.87. The molecule has 0 fully saturated rings. The van der Waals surface area contributed by atoms with Gasteiger partial charge in [-0.05, 0) is 24.3 Å². The summed E-state index contributed by atoms with van der Waals surface area (Å²) in [5, 5.41) is 8.72. The van der Waals surface area contributed by atoms with Crippen LogP contribution in [-0.4, -0.2) is 15.5 Å². The van der Waals surface area contributed by atoms with Gasteiger partial charge in [0.2, 0.25) is 0 Å². The number of carboxylic acids is 1. The summed E-state index contributed by atoms with van der Waals surface area (Å²) >= 11 is 0. The number of hydrogen-bond acceptors (Lipinski definition) is 2. The predicted molar refractivity (Wildman–Crippen MR) is 55.6 cm³/mol. The highest BCUT2D eigenvalue weighted by Crippen LogP contribution is 2.29. The number of pyridine rings is 2. The Kier molecular flexibility index (Phi) is 2.61. The van der Waals surface area contributed by atoms with Crippen LogP contribution in [0, 0.1) is 0 Å². The number of aromatic carboxylic acids is 1. The van der Waals surface area contributed by atoms with Gasteiger partial charge in [0, 0.05) is 11.7 Å². The highest BCUT2D eigenvalue weighted by Gasteiger charge is 2.30. The number of carbonyl (C=O) groups is 1. The number of aromatic nitrogens is 1.